The second kappa shape index (κ2) is 7.33. The van der Waals surface area contributed by atoms with Crippen molar-refractivity contribution < 1.29 is 18.6 Å². The number of benzene rings is 1. The summed E-state index contributed by atoms with van der Waals surface area (Å²) in [6.45, 7) is 2.52. The largest absolute Gasteiger partial charge is 0.381 e. The second-order valence-electron chi connectivity index (χ2n) is 6.22. The summed E-state index contributed by atoms with van der Waals surface area (Å²) < 4.78 is 31.0. The Labute approximate surface area is 149 Å². The van der Waals surface area contributed by atoms with Crippen LogP contribution in [-0.2, 0) is 20.6 Å². The molecule has 0 saturated carbocycles. The summed E-state index contributed by atoms with van der Waals surface area (Å²) in [5.41, 5.74) is 0.624. The predicted octanol–water partition coefficient (Wildman–Crippen LogP) is 2.60. The highest BCUT2D eigenvalue weighted by Crippen LogP contribution is 2.33. The molecule has 2 aliphatic rings. The van der Waals surface area contributed by atoms with E-state index in [-0.39, 0.29) is 11.9 Å². The van der Waals surface area contributed by atoms with Crippen molar-refractivity contribution in [2.45, 2.75) is 31.2 Å². The molecule has 1 N–H and O–H groups in total. The molecule has 0 bridgehead atoms. The molecule has 134 valence electrons. The van der Waals surface area contributed by atoms with Gasteiger partial charge in [0.15, 0.2) is 5.79 Å². The first kappa shape index (κ1) is 16.8. The van der Waals surface area contributed by atoms with Crippen LogP contribution in [-0.4, -0.2) is 48.5 Å². The molecule has 1 spiro atoms. The van der Waals surface area contributed by atoms with Crippen LogP contribution in [0.5, 0.6) is 0 Å². The molecule has 25 heavy (non-hydrogen) atoms. The SMILES string of the molecule is Fc1ccccc1Cc1nnc(NCC2COC3(CCOCC3)O2)s1. The molecular weight excluding hydrogens is 345 g/mol. The molecule has 2 aliphatic heterocycles. The second-order valence-corrected chi connectivity index (χ2v) is 7.29. The van der Waals surface area contributed by atoms with Crippen LogP contribution in [0.4, 0.5) is 9.52 Å². The lowest BCUT2D eigenvalue weighted by Gasteiger charge is -2.31. The Morgan fingerprint density at radius 1 is 1.24 bits per heavy atom. The van der Waals surface area contributed by atoms with Crippen molar-refractivity contribution >= 4 is 16.5 Å². The van der Waals surface area contributed by atoms with Crippen LogP contribution < -0.4 is 5.32 Å². The standard InChI is InChI=1S/C17H20FN3O3S/c18-14-4-2-1-3-12(14)9-15-20-21-16(25-15)19-10-13-11-23-17(24-13)5-7-22-8-6-17/h1-4,13H,5-11H2,(H,19,21). The minimum atomic E-state index is -0.471. The molecule has 0 radical (unpaired) electrons. The molecule has 0 aliphatic carbocycles. The molecule has 2 saturated heterocycles. The fourth-order valence-corrected chi connectivity index (χ4v) is 3.83. The first-order chi connectivity index (χ1) is 12.2. The van der Waals surface area contributed by atoms with E-state index in [1.807, 2.05) is 6.07 Å². The number of hydrogen-bond acceptors (Lipinski definition) is 7. The van der Waals surface area contributed by atoms with Gasteiger partial charge in [-0.15, -0.1) is 10.2 Å². The van der Waals surface area contributed by atoms with Crippen molar-refractivity contribution in [3.8, 4) is 0 Å². The van der Waals surface area contributed by atoms with Gasteiger partial charge in [-0.1, -0.05) is 29.5 Å². The van der Waals surface area contributed by atoms with Gasteiger partial charge in [0.2, 0.25) is 5.13 Å². The number of nitrogens with one attached hydrogen (secondary N) is 1. The number of aromatic nitrogens is 2. The summed E-state index contributed by atoms with van der Waals surface area (Å²) in [6.07, 6.45) is 1.97. The molecule has 3 heterocycles. The van der Waals surface area contributed by atoms with Gasteiger partial charge in [-0.2, -0.15) is 0 Å². The number of halogens is 1. The third kappa shape index (κ3) is 3.98. The number of nitrogens with zero attached hydrogens (tertiary/aromatic N) is 2. The fraction of sp³-hybridized carbons (Fsp3) is 0.529. The van der Waals surface area contributed by atoms with Crippen LogP contribution in [0.15, 0.2) is 24.3 Å². The van der Waals surface area contributed by atoms with Gasteiger partial charge >= 0.3 is 0 Å². The highest BCUT2D eigenvalue weighted by molar-refractivity contribution is 7.15. The van der Waals surface area contributed by atoms with Gasteiger partial charge in [-0.05, 0) is 11.6 Å². The van der Waals surface area contributed by atoms with E-state index in [1.165, 1.54) is 17.4 Å². The smallest absolute Gasteiger partial charge is 0.205 e. The lowest BCUT2D eigenvalue weighted by molar-refractivity contribution is -0.209. The monoisotopic (exact) mass is 365 g/mol. The highest BCUT2D eigenvalue weighted by atomic mass is 32.1. The molecule has 1 atom stereocenters. The van der Waals surface area contributed by atoms with Crippen LogP contribution >= 0.6 is 11.3 Å². The zero-order valence-corrected chi connectivity index (χ0v) is 14.6. The van der Waals surface area contributed by atoms with Crippen LogP contribution in [0.1, 0.15) is 23.4 Å². The van der Waals surface area contributed by atoms with Crippen molar-refractivity contribution in [3.05, 3.63) is 40.7 Å². The average Bonchev–Trinajstić information content (AvgIpc) is 3.23. The Kier molecular flexibility index (Phi) is 4.93. The van der Waals surface area contributed by atoms with Gasteiger partial charge in [0.25, 0.3) is 0 Å². The van der Waals surface area contributed by atoms with E-state index in [9.17, 15) is 4.39 Å². The Hall–Kier alpha value is -1.61. The van der Waals surface area contributed by atoms with E-state index in [1.54, 1.807) is 12.1 Å². The van der Waals surface area contributed by atoms with Crippen molar-refractivity contribution in [2.24, 2.45) is 0 Å². The quantitative estimate of drug-likeness (QED) is 0.879. The summed E-state index contributed by atoms with van der Waals surface area (Å²) in [5.74, 6) is -0.688. The van der Waals surface area contributed by atoms with Gasteiger partial charge in [0.05, 0.1) is 19.8 Å². The maximum Gasteiger partial charge on any atom is 0.205 e. The first-order valence-corrected chi connectivity index (χ1v) is 9.23. The van der Waals surface area contributed by atoms with E-state index >= 15 is 0 Å². The Morgan fingerprint density at radius 2 is 2.08 bits per heavy atom. The maximum absolute atomic E-state index is 13.7. The molecule has 1 aromatic heterocycles. The van der Waals surface area contributed by atoms with Crippen LogP contribution in [0, 0.1) is 5.82 Å². The van der Waals surface area contributed by atoms with Gasteiger partial charge in [0, 0.05) is 25.8 Å². The zero-order chi connectivity index (χ0) is 17.1. The normalized spacial score (nSPS) is 22.4. The lowest BCUT2D eigenvalue weighted by atomic mass is 10.1. The summed E-state index contributed by atoms with van der Waals surface area (Å²) in [5, 5.41) is 13.0. The zero-order valence-electron chi connectivity index (χ0n) is 13.7. The minimum Gasteiger partial charge on any atom is -0.381 e. The molecule has 4 rings (SSSR count). The van der Waals surface area contributed by atoms with Crippen molar-refractivity contribution in [2.75, 3.05) is 31.7 Å². The third-order valence-corrected chi connectivity index (χ3v) is 5.30. The third-order valence-electron chi connectivity index (χ3n) is 4.42. The highest BCUT2D eigenvalue weighted by Gasteiger charge is 2.42. The average molecular weight is 365 g/mol. The topological polar surface area (TPSA) is 65.5 Å². The van der Waals surface area contributed by atoms with Gasteiger partial charge in [0.1, 0.15) is 16.9 Å². The van der Waals surface area contributed by atoms with Crippen LogP contribution in [0.25, 0.3) is 0 Å². The number of rotatable bonds is 5. The number of ether oxygens (including phenoxy) is 3. The van der Waals surface area contributed by atoms with Crippen LogP contribution in [0.3, 0.4) is 0 Å². The summed E-state index contributed by atoms with van der Waals surface area (Å²) in [6, 6.07) is 6.73. The lowest BCUT2D eigenvalue weighted by Crippen LogP contribution is -2.38. The van der Waals surface area contributed by atoms with Crippen molar-refractivity contribution in [1.29, 1.82) is 0 Å². The molecule has 2 fully saturated rings. The molecule has 6 nitrogen and oxygen atoms in total. The van der Waals surface area contributed by atoms with Gasteiger partial charge in [-0.25, -0.2) is 4.39 Å². The first-order valence-electron chi connectivity index (χ1n) is 8.42. The molecule has 0 amide bonds. The van der Waals surface area contributed by atoms with E-state index in [4.69, 9.17) is 14.2 Å². The molecule has 8 heteroatoms. The number of anilines is 1. The Morgan fingerprint density at radius 3 is 2.92 bits per heavy atom. The summed E-state index contributed by atoms with van der Waals surface area (Å²) >= 11 is 1.43. The fourth-order valence-electron chi connectivity index (χ4n) is 3.06. The van der Waals surface area contributed by atoms with Crippen LogP contribution in [0.2, 0.25) is 0 Å². The van der Waals surface area contributed by atoms with E-state index in [0.29, 0.717) is 43.5 Å². The van der Waals surface area contributed by atoms with Gasteiger partial charge < -0.3 is 19.5 Å². The van der Waals surface area contributed by atoms with Crippen molar-refractivity contribution in [1.82, 2.24) is 10.2 Å². The minimum absolute atomic E-state index is 0.0167. The molecule has 2 aromatic rings. The molecule has 1 aromatic carbocycles. The molecular formula is C17H20FN3O3S. The van der Waals surface area contributed by atoms with E-state index in [0.717, 1.165) is 17.8 Å². The Bertz CT molecular complexity index is 721. The maximum atomic E-state index is 13.7. The predicted molar refractivity (Wildman–Crippen MR) is 91.2 cm³/mol. The van der Waals surface area contributed by atoms with E-state index in [2.05, 4.69) is 15.5 Å². The van der Waals surface area contributed by atoms with Crippen molar-refractivity contribution in [3.63, 3.8) is 0 Å². The summed E-state index contributed by atoms with van der Waals surface area (Å²) in [4.78, 5) is 0. The summed E-state index contributed by atoms with van der Waals surface area (Å²) in [7, 11) is 0. The Balaban J connectivity index is 1.29. The number of hydrogen-bond donors (Lipinski definition) is 1. The van der Waals surface area contributed by atoms with Gasteiger partial charge in [-0.3, -0.25) is 0 Å². The molecule has 1 unspecified atom stereocenters. The van der Waals surface area contributed by atoms with E-state index < -0.39 is 5.79 Å².